The van der Waals surface area contributed by atoms with E-state index in [0.29, 0.717) is 42.2 Å². The number of nitrogens with one attached hydrogen (secondary N) is 2. The maximum absolute atomic E-state index is 14.1. The number of primary amides is 1. The zero-order chi connectivity index (χ0) is 31.9. The van der Waals surface area contributed by atoms with Crippen molar-refractivity contribution >= 4 is 28.7 Å². The summed E-state index contributed by atoms with van der Waals surface area (Å²) in [6.45, 7) is 5.63. The maximum atomic E-state index is 14.1. The summed E-state index contributed by atoms with van der Waals surface area (Å²) in [5, 5.41) is 3.23. The molecule has 2 aliphatic heterocycles. The van der Waals surface area contributed by atoms with E-state index in [-0.39, 0.29) is 36.0 Å². The summed E-state index contributed by atoms with van der Waals surface area (Å²) in [7, 11) is 1.99. The average Bonchev–Trinajstić information content (AvgIpc) is 3.44. The fourth-order valence-corrected chi connectivity index (χ4v) is 5.82. The number of piperazine rings is 1. The highest BCUT2D eigenvalue weighted by molar-refractivity contribution is 5.97. The second-order valence-corrected chi connectivity index (χ2v) is 11.6. The van der Waals surface area contributed by atoms with Crippen LogP contribution in [0.1, 0.15) is 45.7 Å². The second kappa shape index (κ2) is 12.0. The van der Waals surface area contributed by atoms with Crippen molar-refractivity contribution in [2.24, 2.45) is 5.73 Å². The number of alkyl halides is 3. The van der Waals surface area contributed by atoms with E-state index in [1.54, 1.807) is 29.3 Å². The summed E-state index contributed by atoms with van der Waals surface area (Å²) in [5.74, 6) is 0.0856. The molecule has 2 aliphatic rings. The van der Waals surface area contributed by atoms with Gasteiger partial charge in [-0.3, -0.25) is 14.7 Å². The van der Waals surface area contributed by atoms with Gasteiger partial charge in [0.25, 0.3) is 5.91 Å². The van der Waals surface area contributed by atoms with Crippen LogP contribution in [0.25, 0.3) is 11.0 Å². The molecule has 236 valence electrons. The molecule has 0 radical (unpaired) electrons. The number of aromatic amines is 1. The zero-order valence-electron chi connectivity index (χ0n) is 24.8. The molecule has 0 unspecified atom stereocenters. The van der Waals surface area contributed by atoms with Gasteiger partial charge in [0.2, 0.25) is 0 Å². The van der Waals surface area contributed by atoms with Crippen molar-refractivity contribution in [2.45, 2.75) is 32.1 Å². The smallest absolute Gasteiger partial charge is 0.416 e. The number of H-pyrrole nitrogens is 1. The van der Waals surface area contributed by atoms with Crippen LogP contribution in [0.15, 0.2) is 48.8 Å². The second-order valence-electron chi connectivity index (χ2n) is 11.6. The highest BCUT2D eigenvalue weighted by Crippen LogP contribution is 2.36. The number of carbonyl (C=O) groups excluding carboxylic acids is 2. The molecule has 0 aliphatic carbocycles. The lowest BCUT2D eigenvalue weighted by atomic mass is 9.96. The van der Waals surface area contributed by atoms with Gasteiger partial charge in [0.1, 0.15) is 22.8 Å². The lowest BCUT2D eigenvalue weighted by Crippen LogP contribution is -2.44. The number of amides is 3. The Hall–Kier alpha value is -4.69. The third-order valence-corrected chi connectivity index (χ3v) is 8.23. The Morgan fingerprint density at radius 1 is 1.11 bits per heavy atom. The highest BCUT2D eigenvalue weighted by atomic mass is 19.4. The zero-order valence-corrected chi connectivity index (χ0v) is 24.8. The monoisotopic (exact) mass is 622 g/mol. The number of aromatic nitrogens is 3. The average molecular weight is 623 g/mol. The first-order valence-electron chi connectivity index (χ1n) is 14.6. The molecule has 0 spiro atoms. The van der Waals surface area contributed by atoms with E-state index in [4.69, 9.17) is 10.5 Å². The Morgan fingerprint density at radius 3 is 2.62 bits per heavy atom. The van der Waals surface area contributed by atoms with Crippen LogP contribution in [0.5, 0.6) is 11.5 Å². The summed E-state index contributed by atoms with van der Waals surface area (Å²) in [6.07, 6.45) is -1.45. The molecule has 4 aromatic rings. The third-order valence-electron chi connectivity index (χ3n) is 8.23. The van der Waals surface area contributed by atoms with Gasteiger partial charge in [0, 0.05) is 63.6 Å². The van der Waals surface area contributed by atoms with Crippen molar-refractivity contribution in [1.29, 1.82) is 0 Å². The normalized spacial score (nSPS) is 17.7. The molecule has 45 heavy (non-hydrogen) atoms. The third kappa shape index (κ3) is 6.56. The number of pyridine rings is 2. The molecule has 3 amide bonds. The van der Waals surface area contributed by atoms with Gasteiger partial charge in [-0.15, -0.1) is 0 Å². The van der Waals surface area contributed by atoms with Crippen LogP contribution >= 0.6 is 0 Å². The SMILES string of the molecule is C[C@H]1CN(C(=O)Nc2ccc(CN3CCN(C)CC3)c(C(F)(F)F)c2)Cc2cc(Oc3ccnc4[nH]c(C(N)=O)cc34)cnc21. The van der Waals surface area contributed by atoms with Crippen LogP contribution in [0.4, 0.5) is 23.7 Å². The number of nitrogens with two attached hydrogens (primary N) is 1. The number of nitrogens with zero attached hydrogens (tertiary/aromatic N) is 5. The van der Waals surface area contributed by atoms with Crippen molar-refractivity contribution in [2.75, 3.05) is 45.1 Å². The molecular weight excluding hydrogens is 589 g/mol. The minimum Gasteiger partial charge on any atom is -0.455 e. The van der Waals surface area contributed by atoms with Crippen LogP contribution in [0.2, 0.25) is 0 Å². The molecule has 0 bridgehead atoms. The van der Waals surface area contributed by atoms with Gasteiger partial charge in [-0.05, 0) is 48.5 Å². The van der Waals surface area contributed by atoms with Gasteiger partial charge < -0.3 is 30.6 Å². The molecule has 6 rings (SSSR count). The number of hydrogen-bond donors (Lipinski definition) is 3. The van der Waals surface area contributed by atoms with E-state index in [2.05, 4.69) is 25.2 Å². The quantitative estimate of drug-likeness (QED) is 0.282. The molecule has 0 saturated carbocycles. The van der Waals surface area contributed by atoms with E-state index < -0.39 is 23.7 Å². The van der Waals surface area contributed by atoms with Crippen molar-refractivity contribution in [3.63, 3.8) is 0 Å². The van der Waals surface area contributed by atoms with Gasteiger partial charge in [-0.1, -0.05) is 13.0 Å². The summed E-state index contributed by atoms with van der Waals surface area (Å²) in [5.41, 5.74) is 7.07. The predicted molar refractivity (Wildman–Crippen MR) is 161 cm³/mol. The van der Waals surface area contributed by atoms with Crippen LogP contribution in [0.3, 0.4) is 0 Å². The van der Waals surface area contributed by atoms with Crippen molar-refractivity contribution in [3.8, 4) is 11.5 Å². The number of carbonyl (C=O) groups is 2. The standard InChI is InChI=1S/C31H33F3N8O3/c1-18-15-42(30(44)38-21-4-3-19(24(12-21)31(32,33)34)16-41-9-7-40(2)8-10-41)17-20-11-22(14-37-27(18)20)45-26-5-6-36-29-23(26)13-25(39-29)28(35)43/h3-6,11-14,18H,7-10,15-17H2,1-2H3,(H2,35,43)(H,36,39)(H,38,44)/t18-/m0/s1. The Morgan fingerprint density at radius 2 is 1.89 bits per heavy atom. The molecule has 3 aromatic heterocycles. The molecule has 4 N–H and O–H groups in total. The molecule has 1 saturated heterocycles. The number of urea groups is 1. The molecule has 5 heterocycles. The topological polar surface area (TPSA) is 133 Å². The fourth-order valence-electron chi connectivity index (χ4n) is 5.82. The lowest BCUT2D eigenvalue weighted by molar-refractivity contribution is -0.138. The summed E-state index contributed by atoms with van der Waals surface area (Å²) in [4.78, 5) is 42.3. The summed E-state index contributed by atoms with van der Waals surface area (Å²) < 4.78 is 48.3. The summed E-state index contributed by atoms with van der Waals surface area (Å²) >= 11 is 0. The Labute approximate surface area is 257 Å². The first-order chi connectivity index (χ1) is 21.4. The van der Waals surface area contributed by atoms with E-state index in [9.17, 15) is 22.8 Å². The molecule has 14 heteroatoms. The first-order valence-corrected chi connectivity index (χ1v) is 14.6. The molecule has 1 atom stereocenters. The largest absolute Gasteiger partial charge is 0.455 e. The molecule has 1 aromatic carbocycles. The van der Waals surface area contributed by atoms with Crippen molar-refractivity contribution < 1.29 is 27.5 Å². The number of ether oxygens (including phenoxy) is 1. The highest BCUT2D eigenvalue weighted by Gasteiger charge is 2.35. The number of likely N-dealkylation sites (N-methyl/N-ethyl adjacent to an activating group) is 1. The predicted octanol–water partition coefficient (Wildman–Crippen LogP) is 4.77. The minimum atomic E-state index is -4.56. The van der Waals surface area contributed by atoms with Crippen LogP contribution < -0.4 is 15.8 Å². The number of hydrogen-bond acceptors (Lipinski definition) is 7. The Kier molecular flexibility index (Phi) is 8.10. The number of fused-ring (bicyclic) bond motifs is 2. The first kappa shape index (κ1) is 30.3. The minimum absolute atomic E-state index is 0.0756. The number of anilines is 1. The Balaban J connectivity index is 1.17. The van der Waals surface area contributed by atoms with E-state index in [1.165, 1.54) is 18.3 Å². The van der Waals surface area contributed by atoms with E-state index in [1.807, 2.05) is 18.9 Å². The van der Waals surface area contributed by atoms with Gasteiger partial charge >= 0.3 is 12.2 Å². The number of benzene rings is 1. The lowest BCUT2D eigenvalue weighted by Gasteiger charge is -2.33. The molecule has 11 nitrogen and oxygen atoms in total. The summed E-state index contributed by atoms with van der Waals surface area (Å²) in [6, 6.07) is 8.45. The van der Waals surface area contributed by atoms with E-state index in [0.717, 1.165) is 30.4 Å². The van der Waals surface area contributed by atoms with Crippen LogP contribution in [0, 0.1) is 0 Å². The maximum Gasteiger partial charge on any atom is 0.416 e. The van der Waals surface area contributed by atoms with Crippen LogP contribution in [-0.2, 0) is 19.3 Å². The Bertz CT molecular complexity index is 1750. The van der Waals surface area contributed by atoms with E-state index >= 15 is 0 Å². The number of rotatable bonds is 6. The molecular formula is C31H33F3N8O3. The molecule has 1 fully saturated rings. The van der Waals surface area contributed by atoms with Crippen molar-refractivity contribution in [1.82, 2.24) is 29.7 Å². The van der Waals surface area contributed by atoms with Gasteiger partial charge in [-0.25, -0.2) is 9.78 Å². The van der Waals surface area contributed by atoms with Gasteiger partial charge in [0.15, 0.2) is 0 Å². The van der Waals surface area contributed by atoms with Gasteiger partial charge in [0.05, 0.1) is 22.8 Å². The van der Waals surface area contributed by atoms with Crippen molar-refractivity contribution in [3.05, 3.63) is 76.9 Å². The fraction of sp³-hybridized carbons (Fsp3) is 0.355. The number of halogens is 3. The van der Waals surface area contributed by atoms with Crippen LogP contribution in [-0.4, -0.2) is 81.4 Å². The van der Waals surface area contributed by atoms with Gasteiger partial charge in [-0.2, -0.15) is 13.2 Å².